The van der Waals surface area contributed by atoms with Gasteiger partial charge >= 0.3 is 0 Å². The lowest BCUT2D eigenvalue weighted by Gasteiger charge is -2.29. The van der Waals surface area contributed by atoms with Crippen molar-refractivity contribution in [2.75, 3.05) is 6.54 Å². The van der Waals surface area contributed by atoms with Gasteiger partial charge in [0.15, 0.2) is 0 Å². The summed E-state index contributed by atoms with van der Waals surface area (Å²) in [6.45, 7) is 4.79. The zero-order valence-electron chi connectivity index (χ0n) is 16.7. The zero-order valence-corrected chi connectivity index (χ0v) is 17.4. The minimum absolute atomic E-state index is 0.0538. The summed E-state index contributed by atoms with van der Waals surface area (Å²) >= 11 is 6.29. The van der Waals surface area contributed by atoms with Crippen molar-refractivity contribution in [3.63, 3.8) is 0 Å². The van der Waals surface area contributed by atoms with Crippen molar-refractivity contribution in [3.05, 3.63) is 70.7 Å². The topological polar surface area (TPSA) is 49.4 Å². The van der Waals surface area contributed by atoms with Crippen LogP contribution in [0.25, 0.3) is 0 Å². The van der Waals surface area contributed by atoms with E-state index in [1.54, 1.807) is 17.9 Å². The van der Waals surface area contributed by atoms with E-state index in [0.29, 0.717) is 31.0 Å². The summed E-state index contributed by atoms with van der Waals surface area (Å²) in [5.41, 5.74) is 1.94. The highest BCUT2D eigenvalue weighted by Crippen LogP contribution is 2.19. The van der Waals surface area contributed by atoms with Gasteiger partial charge in [0.2, 0.25) is 11.8 Å². The molecule has 0 aliphatic carbocycles. The molecule has 0 saturated heterocycles. The number of aryl methyl sites for hydroxylation is 1. The zero-order chi connectivity index (χ0) is 20.4. The summed E-state index contributed by atoms with van der Waals surface area (Å²) < 4.78 is 0. The number of nitrogens with zero attached hydrogens (tertiary/aromatic N) is 1. The van der Waals surface area contributed by atoms with Gasteiger partial charge in [-0.1, -0.05) is 73.5 Å². The second-order valence-electron chi connectivity index (χ2n) is 6.92. The van der Waals surface area contributed by atoms with E-state index >= 15 is 0 Å². The van der Waals surface area contributed by atoms with Crippen LogP contribution < -0.4 is 5.32 Å². The Labute approximate surface area is 172 Å². The average Bonchev–Trinajstić information content (AvgIpc) is 2.71. The van der Waals surface area contributed by atoms with Crippen LogP contribution in [0.2, 0.25) is 5.02 Å². The lowest BCUT2D eigenvalue weighted by molar-refractivity contribution is -0.140. The Balaban J connectivity index is 2.11. The Bertz CT molecular complexity index is 764. The minimum atomic E-state index is -0.559. The number of halogens is 1. The van der Waals surface area contributed by atoms with Crippen molar-refractivity contribution in [1.82, 2.24) is 10.2 Å². The number of amides is 2. The van der Waals surface area contributed by atoms with Gasteiger partial charge in [-0.05, 0) is 37.0 Å². The first-order valence-electron chi connectivity index (χ1n) is 9.87. The lowest BCUT2D eigenvalue weighted by Crippen LogP contribution is -2.47. The van der Waals surface area contributed by atoms with E-state index in [9.17, 15) is 9.59 Å². The third kappa shape index (κ3) is 6.68. The highest BCUT2D eigenvalue weighted by molar-refractivity contribution is 6.31. The molecule has 0 aliphatic rings. The standard InChI is InChI=1S/C23H29ClN2O2/c1-3-4-16-25-23(28)18(2)26(17-20-12-8-9-13-21(20)24)22(27)15-14-19-10-6-5-7-11-19/h5-13,18H,3-4,14-17H2,1-2H3,(H,25,28)/t18-/m1/s1. The van der Waals surface area contributed by atoms with Gasteiger partial charge in [-0.3, -0.25) is 9.59 Å². The highest BCUT2D eigenvalue weighted by atomic mass is 35.5. The summed E-state index contributed by atoms with van der Waals surface area (Å²) in [6, 6.07) is 16.8. The van der Waals surface area contributed by atoms with Crippen LogP contribution in [0.5, 0.6) is 0 Å². The number of hydrogen-bond donors (Lipinski definition) is 1. The molecule has 0 unspecified atom stereocenters. The van der Waals surface area contributed by atoms with Crippen molar-refractivity contribution >= 4 is 23.4 Å². The second kappa shape index (κ2) is 11.5. The van der Waals surface area contributed by atoms with E-state index in [4.69, 9.17) is 11.6 Å². The van der Waals surface area contributed by atoms with Crippen molar-refractivity contribution in [2.45, 2.75) is 52.1 Å². The molecule has 2 aromatic carbocycles. The van der Waals surface area contributed by atoms with Gasteiger partial charge in [0, 0.05) is 24.5 Å². The van der Waals surface area contributed by atoms with E-state index in [1.165, 1.54) is 0 Å². The predicted octanol–water partition coefficient (Wildman–Crippen LogP) is 4.61. The molecule has 150 valence electrons. The molecule has 0 heterocycles. The molecule has 28 heavy (non-hydrogen) atoms. The Morgan fingerprint density at radius 3 is 2.43 bits per heavy atom. The number of nitrogens with one attached hydrogen (secondary N) is 1. The number of carbonyl (C=O) groups is 2. The van der Waals surface area contributed by atoms with Gasteiger partial charge in [-0.2, -0.15) is 0 Å². The molecule has 0 aromatic heterocycles. The predicted molar refractivity (Wildman–Crippen MR) is 114 cm³/mol. The summed E-state index contributed by atoms with van der Waals surface area (Å²) in [5, 5.41) is 3.53. The quantitative estimate of drug-likeness (QED) is 0.592. The van der Waals surface area contributed by atoms with Crippen LogP contribution in [-0.2, 0) is 22.6 Å². The first-order chi connectivity index (χ1) is 13.5. The number of hydrogen-bond acceptors (Lipinski definition) is 2. The van der Waals surface area contributed by atoms with Crippen LogP contribution >= 0.6 is 11.6 Å². The molecule has 0 fully saturated rings. The molecule has 5 heteroatoms. The maximum Gasteiger partial charge on any atom is 0.242 e. The number of carbonyl (C=O) groups excluding carboxylic acids is 2. The molecule has 1 atom stereocenters. The summed E-state index contributed by atoms with van der Waals surface area (Å²) in [4.78, 5) is 27.2. The van der Waals surface area contributed by atoms with Gasteiger partial charge in [0.25, 0.3) is 0 Å². The minimum Gasteiger partial charge on any atom is -0.354 e. The molecule has 1 N–H and O–H groups in total. The molecule has 0 bridgehead atoms. The molecule has 0 radical (unpaired) electrons. The number of rotatable bonds is 10. The maximum atomic E-state index is 13.0. The number of unbranched alkanes of at least 4 members (excludes halogenated alkanes) is 1. The fourth-order valence-corrected chi connectivity index (χ4v) is 3.16. The lowest BCUT2D eigenvalue weighted by atomic mass is 10.1. The Morgan fingerprint density at radius 2 is 1.75 bits per heavy atom. The highest BCUT2D eigenvalue weighted by Gasteiger charge is 2.26. The molecule has 0 aliphatic heterocycles. The normalized spacial score (nSPS) is 11.7. The van der Waals surface area contributed by atoms with Gasteiger partial charge in [-0.15, -0.1) is 0 Å². The molecule has 2 aromatic rings. The molecule has 0 saturated carbocycles. The smallest absolute Gasteiger partial charge is 0.242 e. The Morgan fingerprint density at radius 1 is 1.07 bits per heavy atom. The van der Waals surface area contributed by atoms with Crippen LogP contribution in [0, 0.1) is 0 Å². The van der Waals surface area contributed by atoms with E-state index in [-0.39, 0.29) is 11.8 Å². The van der Waals surface area contributed by atoms with Crippen molar-refractivity contribution in [1.29, 1.82) is 0 Å². The Hall–Kier alpha value is -2.33. The van der Waals surface area contributed by atoms with Crippen molar-refractivity contribution in [3.8, 4) is 0 Å². The first kappa shape index (κ1) is 22.0. The maximum absolute atomic E-state index is 13.0. The third-order valence-electron chi connectivity index (χ3n) is 4.77. The molecule has 4 nitrogen and oxygen atoms in total. The summed E-state index contributed by atoms with van der Waals surface area (Å²) in [6.07, 6.45) is 2.92. The molecule has 0 spiro atoms. The Kier molecular flexibility index (Phi) is 9.02. The molecule has 2 rings (SSSR count). The van der Waals surface area contributed by atoms with Crippen LogP contribution in [0.1, 0.15) is 44.2 Å². The van der Waals surface area contributed by atoms with Crippen molar-refractivity contribution in [2.24, 2.45) is 0 Å². The van der Waals surface area contributed by atoms with E-state index in [0.717, 1.165) is 24.0 Å². The summed E-state index contributed by atoms with van der Waals surface area (Å²) in [5.74, 6) is -0.185. The summed E-state index contributed by atoms with van der Waals surface area (Å²) in [7, 11) is 0. The van der Waals surface area contributed by atoms with Crippen molar-refractivity contribution < 1.29 is 9.59 Å². The van der Waals surface area contributed by atoms with Crippen LogP contribution in [0.15, 0.2) is 54.6 Å². The van der Waals surface area contributed by atoms with Crippen LogP contribution in [0.4, 0.5) is 0 Å². The van der Waals surface area contributed by atoms with E-state index in [1.807, 2.05) is 48.5 Å². The van der Waals surface area contributed by atoms with Gasteiger partial charge < -0.3 is 10.2 Å². The van der Waals surface area contributed by atoms with Gasteiger partial charge in [0.05, 0.1) is 0 Å². The fourth-order valence-electron chi connectivity index (χ4n) is 2.97. The SMILES string of the molecule is CCCCNC(=O)[C@@H](C)N(Cc1ccccc1Cl)C(=O)CCc1ccccc1. The first-order valence-corrected chi connectivity index (χ1v) is 10.2. The van der Waals surface area contributed by atoms with E-state index in [2.05, 4.69) is 12.2 Å². The van der Waals surface area contributed by atoms with Gasteiger partial charge in [-0.25, -0.2) is 0 Å². The monoisotopic (exact) mass is 400 g/mol. The molecular formula is C23H29ClN2O2. The average molecular weight is 401 g/mol. The van der Waals surface area contributed by atoms with E-state index < -0.39 is 6.04 Å². The number of benzene rings is 2. The van der Waals surface area contributed by atoms with Crippen LogP contribution in [-0.4, -0.2) is 29.3 Å². The largest absolute Gasteiger partial charge is 0.354 e. The van der Waals surface area contributed by atoms with Crippen LogP contribution in [0.3, 0.4) is 0 Å². The molecule has 2 amide bonds. The molecular weight excluding hydrogens is 372 g/mol. The third-order valence-corrected chi connectivity index (χ3v) is 5.13. The second-order valence-corrected chi connectivity index (χ2v) is 7.33. The fraction of sp³-hybridized carbons (Fsp3) is 0.391. The van der Waals surface area contributed by atoms with Gasteiger partial charge in [0.1, 0.15) is 6.04 Å².